The Bertz CT molecular complexity index is 4950. The summed E-state index contributed by atoms with van der Waals surface area (Å²) < 4.78 is 3.68. The number of hydrogen-bond donors (Lipinski definition) is 26. The van der Waals surface area contributed by atoms with Crippen molar-refractivity contribution in [1.29, 1.82) is 0 Å². The van der Waals surface area contributed by atoms with Crippen LogP contribution < -0.4 is 67.0 Å². The second kappa shape index (κ2) is 61.9. The number of aliphatic carboxylic acids is 11. The summed E-state index contributed by atoms with van der Waals surface area (Å²) in [6.07, 6.45) is 4.02. The lowest BCUT2D eigenvalue weighted by atomic mass is 9.96. The summed E-state index contributed by atoms with van der Waals surface area (Å²) in [5, 5.41) is 104. The smallest absolute Gasteiger partial charge is 0.321 e. The fourth-order valence-corrected chi connectivity index (χ4v) is 11.5. The summed E-state index contributed by atoms with van der Waals surface area (Å²) in [4.78, 5) is 114. The lowest BCUT2D eigenvalue weighted by molar-refractivity contribution is -0.142. The molecular formula is C93H125N11O23S4. The Morgan fingerprint density at radius 3 is 1.08 bits per heavy atom. The van der Waals surface area contributed by atoms with Crippen LogP contribution in [0.5, 0.6) is 5.75 Å². The fourth-order valence-electron chi connectivity index (χ4n) is 10.7. The summed E-state index contributed by atoms with van der Waals surface area (Å²) >= 11 is 15.6. The number of nitrogens with two attached hydrogens (primary N) is 9. The van der Waals surface area contributed by atoms with E-state index >= 15 is 0 Å². The van der Waals surface area contributed by atoms with Crippen LogP contribution in [0.15, 0.2) is 212 Å². The number of ether oxygens (including phenoxy) is 1. The van der Waals surface area contributed by atoms with E-state index in [0.29, 0.717) is 69.4 Å². The summed E-state index contributed by atoms with van der Waals surface area (Å²) in [5.74, 6) is -8.51. The normalized spacial score (nSPS) is 14.6. The molecule has 0 aromatic heterocycles. The molecule has 9 aromatic rings. The number of rotatable bonds is 29. The topological polar surface area (TPSA) is 678 Å². The average molecular weight is 1890 g/mol. The molecule has 0 aliphatic carbocycles. The number of methoxy groups -OCH3 is 1. The highest BCUT2D eigenvalue weighted by molar-refractivity contribution is 7.82. The van der Waals surface area contributed by atoms with Crippen molar-refractivity contribution in [2.75, 3.05) is 25.2 Å². The Balaban J connectivity index is 0.000000729. The van der Waals surface area contributed by atoms with Gasteiger partial charge < -0.3 is 123 Å². The Morgan fingerprint density at radius 2 is 0.718 bits per heavy atom. The number of nitrogens with one attached hydrogen (secondary N) is 2. The third kappa shape index (κ3) is 48.8. The Labute approximate surface area is 782 Å². The van der Waals surface area contributed by atoms with Crippen LogP contribution in [0.4, 0.5) is 0 Å². The number of thiol groups is 4. The molecule has 0 amide bonds. The molecule has 0 unspecified atom stereocenters. The highest BCUT2D eigenvalue weighted by atomic mass is 32.1. The van der Waals surface area contributed by atoms with Crippen LogP contribution in [0.3, 0.4) is 0 Å². The predicted octanol–water partition coefficient (Wildman–Crippen LogP) is 7.36. The van der Waals surface area contributed by atoms with E-state index in [1.807, 2.05) is 207 Å². The van der Waals surface area contributed by atoms with Gasteiger partial charge in [-0.05, 0) is 194 Å². The zero-order valence-corrected chi connectivity index (χ0v) is 77.1. The van der Waals surface area contributed by atoms with Gasteiger partial charge >= 0.3 is 65.7 Å². The van der Waals surface area contributed by atoms with Crippen molar-refractivity contribution in [3.8, 4) is 16.9 Å². The van der Waals surface area contributed by atoms with Gasteiger partial charge in [0.05, 0.1) is 7.11 Å². The first-order valence-electron chi connectivity index (χ1n) is 40.7. The molecule has 31 N–H and O–H groups in total. The average Bonchev–Trinajstić information content (AvgIpc) is 0.805. The summed E-state index contributed by atoms with van der Waals surface area (Å²) in [7, 11) is 1.58. The number of fused-ring (bicyclic) bond motifs is 3. The van der Waals surface area contributed by atoms with Crippen molar-refractivity contribution >= 4 is 138 Å². The molecule has 0 radical (unpaired) electrons. The van der Waals surface area contributed by atoms with Crippen molar-refractivity contribution in [3.63, 3.8) is 0 Å². The largest absolute Gasteiger partial charge is 0.497 e. The summed E-state index contributed by atoms with van der Waals surface area (Å²) in [6.45, 7) is 10.2. The van der Waals surface area contributed by atoms with Crippen LogP contribution in [0.2, 0.25) is 0 Å². The third-order valence-corrected chi connectivity index (χ3v) is 20.0. The maximum atomic E-state index is 10.7. The van der Waals surface area contributed by atoms with Crippen LogP contribution in [0.25, 0.3) is 32.7 Å². The van der Waals surface area contributed by atoms with E-state index in [1.54, 1.807) is 46.9 Å². The third-order valence-electron chi connectivity index (χ3n) is 19.0. The monoisotopic (exact) mass is 1890 g/mol. The van der Waals surface area contributed by atoms with E-state index in [4.69, 9.17) is 113 Å². The molecular weight excluding hydrogens is 1770 g/mol. The molecule has 0 saturated carbocycles. The molecule has 38 heteroatoms. The van der Waals surface area contributed by atoms with E-state index in [0.717, 1.165) is 90.3 Å². The molecule has 9 aromatic carbocycles. The van der Waals surface area contributed by atoms with Gasteiger partial charge in [-0.3, -0.25) is 52.7 Å². The highest BCUT2D eigenvalue weighted by Crippen LogP contribution is 2.24. The zero-order chi connectivity index (χ0) is 99.4. The molecule has 2 aliphatic rings. The van der Waals surface area contributed by atoms with Gasteiger partial charge in [0, 0.05) is 16.0 Å². The maximum Gasteiger partial charge on any atom is 0.321 e. The molecule has 2 aliphatic heterocycles. The molecule has 131 heavy (non-hydrogen) atoms. The van der Waals surface area contributed by atoms with Crippen molar-refractivity contribution in [2.45, 2.75) is 175 Å². The second-order valence-corrected chi connectivity index (χ2v) is 33.9. The first-order chi connectivity index (χ1) is 61.4. The SMILES string of the molecule is CC(C)(S)[C@@H](N)C(=O)O.CC(C)(S)[C@H](N)C(=O)O.COc1ccc(C[C@H](N)C(=O)O)cc1.Cc1ccc(C[C@H](N)C(=O)O)cc1.N[C@@H](CCS)C(=O)O.N[C@@H](Cc1ccc(-c2ccccc2)cc1)C(=O)O.N[C@@H](Cc1ccc2ccccc2c1)C(=O)O.N[C@@H](Cc1cccc2ccccc12)C(=O)O.N[C@H](CCS)C(=O)O.O=C(O)[C@@H]1CCN1.O=C(O)[C@@H]1Cc2ccccc2CN1. The van der Waals surface area contributed by atoms with Gasteiger partial charge in [0.25, 0.3) is 0 Å². The van der Waals surface area contributed by atoms with Gasteiger partial charge in [-0.1, -0.05) is 206 Å². The van der Waals surface area contributed by atoms with Gasteiger partial charge in [-0.25, -0.2) is 0 Å². The van der Waals surface area contributed by atoms with E-state index < -0.39 is 136 Å². The maximum absolute atomic E-state index is 10.7. The first-order valence-corrected chi connectivity index (χ1v) is 42.8. The van der Waals surface area contributed by atoms with Crippen molar-refractivity contribution in [2.24, 2.45) is 51.6 Å². The predicted molar refractivity (Wildman–Crippen MR) is 518 cm³/mol. The zero-order valence-electron chi connectivity index (χ0n) is 73.6. The van der Waals surface area contributed by atoms with Crippen LogP contribution in [-0.2, 0) is 97.8 Å². The van der Waals surface area contributed by atoms with Crippen LogP contribution >= 0.6 is 50.5 Å². The Kier molecular flexibility index (Phi) is 55.5. The number of carboxylic acids is 11. The van der Waals surface area contributed by atoms with Crippen molar-refractivity contribution in [1.82, 2.24) is 10.6 Å². The number of aryl methyl sites for hydroxylation is 1. The van der Waals surface area contributed by atoms with E-state index in [-0.39, 0.29) is 6.04 Å². The minimum atomic E-state index is -1.02. The summed E-state index contributed by atoms with van der Waals surface area (Å²) in [5.41, 5.74) is 58.4. The van der Waals surface area contributed by atoms with Gasteiger partial charge in [-0.2, -0.15) is 50.5 Å². The molecule has 0 bridgehead atoms. The quantitative estimate of drug-likeness (QED) is 0.0203. The number of carbonyl (C=O) groups is 11. The van der Waals surface area contributed by atoms with E-state index in [2.05, 4.69) is 61.1 Å². The number of carboxylic acid groups (broad SMARTS) is 11. The lowest BCUT2D eigenvalue weighted by Gasteiger charge is -2.22. The Morgan fingerprint density at radius 1 is 0.374 bits per heavy atom. The molecule has 0 spiro atoms. The van der Waals surface area contributed by atoms with Crippen molar-refractivity contribution < 1.29 is 114 Å². The van der Waals surface area contributed by atoms with Crippen LogP contribution in [-0.4, -0.2) is 223 Å². The molecule has 2 heterocycles. The van der Waals surface area contributed by atoms with Gasteiger partial charge in [-0.15, -0.1) is 0 Å². The molecule has 34 nitrogen and oxygen atoms in total. The molecule has 11 atom stereocenters. The van der Waals surface area contributed by atoms with Crippen molar-refractivity contribution in [3.05, 3.63) is 257 Å². The van der Waals surface area contributed by atoms with Crippen LogP contribution in [0.1, 0.15) is 91.5 Å². The van der Waals surface area contributed by atoms with E-state index in [1.165, 1.54) is 5.56 Å². The molecule has 1 saturated heterocycles. The standard InChI is InChI=1S/C15H15NO2.2C13H13NO2.C10H13NO3.C10H11NO2.C10H13NO2.2C5H11NO2S.2C4H9NO2S.C4H7NO2/c16-14(15(17)18)10-11-6-8-13(9-7-11)12-4-2-1-3-5-12;14-12(13(15)16)8-10-6-3-5-9-4-1-2-7-11(9)10;14-12(13(15)16)8-9-5-6-10-3-1-2-4-11(10)7-9;1-14-8-4-2-7(3-5-8)6-9(11)10(12)13;12-10(13)9-5-7-3-1-2-4-8(7)6-11-9;1-7-2-4-8(5-3-7)6-9(11)10(12)13;2*1-5(2,9)3(6)4(7)8;2*5-3(1-2-8)4(6)7;6-4(7)3-1-2-5-3/h1-9,14H,10,16H2,(H,17,18);2*1-7,12H,8,14H2,(H,15,16);2-5,9H,6,11H2,1H3,(H,12,13);1-4,9,11H,5-6H2,(H,12,13);2-5,9H,6,11H2,1H3,(H,12,13);2*3,9H,6H2,1-2H3,(H,7,8);2*3,8H,1-2,5H2,(H,6,7);3,5H,1-2H2,(H,6,7)/t14-;2*12-;3*9-;5*3-/m00000010100/s1. The minimum absolute atomic E-state index is 0.250. The van der Waals surface area contributed by atoms with Crippen LogP contribution in [0, 0.1) is 6.92 Å². The molecule has 1 fully saturated rings. The summed E-state index contributed by atoms with van der Waals surface area (Å²) in [6, 6.07) is 60.1. The molecule has 11 rings (SSSR count). The molecule has 714 valence electrons. The fraction of sp³-hybridized carbons (Fsp3) is 0.344. The number of benzene rings is 9. The van der Waals surface area contributed by atoms with Gasteiger partial charge in [0.2, 0.25) is 0 Å². The minimum Gasteiger partial charge on any atom is -0.497 e. The van der Waals surface area contributed by atoms with E-state index in [9.17, 15) is 52.7 Å². The highest BCUT2D eigenvalue weighted by Gasteiger charge is 2.30. The lowest BCUT2D eigenvalue weighted by Crippen LogP contribution is -2.48. The Hall–Kier alpha value is -11.6. The second-order valence-electron chi connectivity index (χ2n) is 30.7. The van der Waals surface area contributed by atoms with Gasteiger partial charge in [0.1, 0.15) is 72.2 Å². The number of hydrogen-bond acceptors (Lipinski definition) is 27. The van der Waals surface area contributed by atoms with Gasteiger partial charge in [0.15, 0.2) is 0 Å². The first kappa shape index (κ1) is 117.